The zero-order valence-electron chi connectivity index (χ0n) is 11.6. The highest BCUT2D eigenvalue weighted by Gasteiger charge is 2.31. The van der Waals surface area contributed by atoms with Gasteiger partial charge < -0.3 is 15.1 Å². The molecule has 1 unspecified atom stereocenters. The molecular formula is C15H21N3O. The molecule has 1 fully saturated rings. The summed E-state index contributed by atoms with van der Waals surface area (Å²) in [5.74, 6) is 0.912. The maximum Gasteiger partial charge on any atom is 0.139 e. The molecule has 1 aliphatic heterocycles. The highest BCUT2D eigenvalue weighted by Crippen LogP contribution is 2.30. The number of piperidine rings is 1. The molecule has 0 aromatic carbocycles. The summed E-state index contributed by atoms with van der Waals surface area (Å²) in [7, 11) is 0. The molecule has 0 aliphatic carbocycles. The summed E-state index contributed by atoms with van der Waals surface area (Å²) < 4.78 is 5.40. The number of hydrogen-bond donors (Lipinski definition) is 2. The van der Waals surface area contributed by atoms with Crippen molar-refractivity contribution in [1.29, 1.82) is 0 Å². The van der Waals surface area contributed by atoms with Crippen LogP contribution in [0.3, 0.4) is 0 Å². The molecule has 4 nitrogen and oxygen atoms in total. The number of fused-ring (bicyclic) bond motifs is 1. The Balaban J connectivity index is 1.73. The summed E-state index contributed by atoms with van der Waals surface area (Å²) in [6.07, 6.45) is 6.03. The molecule has 2 aromatic rings. The van der Waals surface area contributed by atoms with Crippen LogP contribution in [0.15, 0.2) is 29.0 Å². The maximum atomic E-state index is 5.40. The number of hydrogen-bond acceptors (Lipinski definition) is 4. The Morgan fingerprint density at radius 1 is 1.47 bits per heavy atom. The molecular weight excluding hydrogens is 238 g/mol. The molecule has 4 heteroatoms. The van der Waals surface area contributed by atoms with Crippen LogP contribution in [0.2, 0.25) is 0 Å². The molecule has 19 heavy (non-hydrogen) atoms. The zero-order chi connectivity index (χ0) is 13.3. The van der Waals surface area contributed by atoms with Crippen LogP contribution in [0.4, 0.5) is 5.82 Å². The minimum Gasteiger partial charge on any atom is -0.464 e. The number of anilines is 1. The predicted molar refractivity (Wildman–Crippen MR) is 77.3 cm³/mol. The van der Waals surface area contributed by atoms with Gasteiger partial charge >= 0.3 is 0 Å². The van der Waals surface area contributed by atoms with Crippen LogP contribution in [-0.2, 0) is 0 Å². The molecule has 1 atom stereocenters. The van der Waals surface area contributed by atoms with E-state index in [1.165, 1.54) is 12.8 Å². The lowest BCUT2D eigenvalue weighted by molar-refractivity contribution is 0.188. The Hall–Kier alpha value is -1.55. The normalized spacial score (nSPS) is 22.5. The minimum atomic E-state index is 0.329. The van der Waals surface area contributed by atoms with E-state index in [-0.39, 0.29) is 0 Å². The van der Waals surface area contributed by atoms with Crippen molar-refractivity contribution in [3.63, 3.8) is 0 Å². The molecule has 1 aliphatic rings. The van der Waals surface area contributed by atoms with Crippen molar-refractivity contribution in [3.8, 4) is 0 Å². The summed E-state index contributed by atoms with van der Waals surface area (Å²) in [4.78, 5) is 4.41. The average Bonchev–Trinajstić information content (AvgIpc) is 2.86. The smallest absolute Gasteiger partial charge is 0.139 e. The fraction of sp³-hybridized carbons (Fsp3) is 0.533. The molecule has 0 amide bonds. The standard InChI is InChI=1S/C15H21N3O/c1-15(2)6-3-7-16-13(15)10-18-14-11-5-9-19-12(11)4-8-17-14/h4-5,8-9,13,16H,3,6-7,10H2,1-2H3,(H,17,18). The fourth-order valence-corrected chi connectivity index (χ4v) is 2.85. The van der Waals surface area contributed by atoms with Gasteiger partial charge in [0, 0.05) is 18.8 Å². The van der Waals surface area contributed by atoms with Crippen LogP contribution in [0.5, 0.6) is 0 Å². The van der Waals surface area contributed by atoms with Gasteiger partial charge in [-0.2, -0.15) is 0 Å². The second-order valence-electron chi connectivity index (χ2n) is 5.97. The predicted octanol–water partition coefficient (Wildman–Crippen LogP) is 3.02. The largest absolute Gasteiger partial charge is 0.464 e. The van der Waals surface area contributed by atoms with Gasteiger partial charge in [0.1, 0.15) is 11.4 Å². The Bertz CT molecular complexity index is 561. The Morgan fingerprint density at radius 3 is 3.21 bits per heavy atom. The lowest BCUT2D eigenvalue weighted by Gasteiger charge is -2.39. The van der Waals surface area contributed by atoms with E-state index in [4.69, 9.17) is 4.42 Å². The third kappa shape index (κ3) is 2.45. The van der Waals surface area contributed by atoms with Crippen molar-refractivity contribution in [2.24, 2.45) is 5.41 Å². The average molecular weight is 259 g/mol. The van der Waals surface area contributed by atoms with Gasteiger partial charge in [0.15, 0.2) is 0 Å². The molecule has 1 saturated heterocycles. The molecule has 2 aromatic heterocycles. The van der Waals surface area contributed by atoms with E-state index in [0.717, 1.165) is 29.9 Å². The molecule has 0 bridgehead atoms. The number of aromatic nitrogens is 1. The van der Waals surface area contributed by atoms with Crippen molar-refractivity contribution in [3.05, 3.63) is 24.6 Å². The van der Waals surface area contributed by atoms with Crippen LogP contribution in [0.1, 0.15) is 26.7 Å². The van der Waals surface area contributed by atoms with Crippen molar-refractivity contribution in [2.75, 3.05) is 18.4 Å². The topological polar surface area (TPSA) is 50.1 Å². The summed E-state index contributed by atoms with van der Waals surface area (Å²) in [5.41, 5.74) is 1.21. The lowest BCUT2D eigenvalue weighted by atomic mass is 9.77. The van der Waals surface area contributed by atoms with E-state index in [2.05, 4.69) is 29.5 Å². The highest BCUT2D eigenvalue weighted by molar-refractivity contribution is 5.87. The van der Waals surface area contributed by atoms with Crippen LogP contribution >= 0.6 is 0 Å². The summed E-state index contributed by atoms with van der Waals surface area (Å²) in [6.45, 7) is 6.66. The van der Waals surface area contributed by atoms with Gasteiger partial charge in [0.25, 0.3) is 0 Å². The van der Waals surface area contributed by atoms with E-state index in [1.807, 2.05) is 12.1 Å². The SMILES string of the molecule is CC1(C)CCCNC1CNc1nccc2occc12. The van der Waals surface area contributed by atoms with Crippen molar-refractivity contribution < 1.29 is 4.42 Å². The van der Waals surface area contributed by atoms with Crippen molar-refractivity contribution >= 4 is 16.8 Å². The minimum absolute atomic E-state index is 0.329. The fourth-order valence-electron chi connectivity index (χ4n) is 2.85. The van der Waals surface area contributed by atoms with Crippen LogP contribution < -0.4 is 10.6 Å². The van der Waals surface area contributed by atoms with Crippen LogP contribution in [-0.4, -0.2) is 24.1 Å². The first kappa shape index (κ1) is 12.5. The summed E-state index contributed by atoms with van der Waals surface area (Å²) in [6, 6.07) is 4.33. The summed E-state index contributed by atoms with van der Waals surface area (Å²) in [5, 5.41) is 8.13. The third-order valence-corrected chi connectivity index (χ3v) is 4.19. The van der Waals surface area contributed by atoms with Crippen LogP contribution in [0, 0.1) is 5.41 Å². The number of nitrogens with one attached hydrogen (secondary N) is 2. The van der Waals surface area contributed by atoms with Gasteiger partial charge in [-0.25, -0.2) is 4.98 Å². The Labute approximate surface area is 113 Å². The molecule has 3 rings (SSSR count). The van der Waals surface area contributed by atoms with E-state index >= 15 is 0 Å². The van der Waals surface area contributed by atoms with Gasteiger partial charge in [-0.1, -0.05) is 13.8 Å². The zero-order valence-corrected chi connectivity index (χ0v) is 11.6. The number of furan rings is 1. The van der Waals surface area contributed by atoms with Crippen molar-refractivity contribution in [1.82, 2.24) is 10.3 Å². The number of rotatable bonds is 3. The Morgan fingerprint density at radius 2 is 2.37 bits per heavy atom. The maximum absolute atomic E-state index is 5.40. The summed E-state index contributed by atoms with van der Waals surface area (Å²) >= 11 is 0. The van der Waals surface area contributed by atoms with E-state index in [9.17, 15) is 0 Å². The van der Waals surface area contributed by atoms with Gasteiger partial charge in [0.2, 0.25) is 0 Å². The highest BCUT2D eigenvalue weighted by atomic mass is 16.3. The monoisotopic (exact) mass is 259 g/mol. The number of nitrogens with zero attached hydrogens (tertiary/aromatic N) is 1. The molecule has 3 heterocycles. The molecule has 0 radical (unpaired) electrons. The molecule has 2 N–H and O–H groups in total. The van der Waals surface area contributed by atoms with Gasteiger partial charge in [0.05, 0.1) is 11.6 Å². The van der Waals surface area contributed by atoms with Gasteiger partial charge in [-0.05, 0) is 36.9 Å². The second kappa shape index (κ2) is 4.85. The van der Waals surface area contributed by atoms with E-state index < -0.39 is 0 Å². The third-order valence-electron chi connectivity index (χ3n) is 4.19. The molecule has 102 valence electrons. The quantitative estimate of drug-likeness (QED) is 0.889. The number of pyridine rings is 1. The molecule has 0 saturated carbocycles. The second-order valence-corrected chi connectivity index (χ2v) is 5.97. The van der Waals surface area contributed by atoms with Crippen molar-refractivity contribution in [2.45, 2.75) is 32.7 Å². The van der Waals surface area contributed by atoms with E-state index in [1.54, 1.807) is 12.5 Å². The molecule has 0 spiro atoms. The van der Waals surface area contributed by atoms with Gasteiger partial charge in [-0.3, -0.25) is 0 Å². The first-order valence-electron chi connectivity index (χ1n) is 6.96. The van der Waals surface area contributed by atoms with E-state index in [0.29, 0.717) is 11.5 Å². The van der Waals surface area contributed by atoms with Gasteiger partial charge in [-0.15, -0.1) is 0 Å². The Kier molecular flexibility index (Phi) is 3.19. The lowest BCUT2D eigenvalue weighted by Crippen LogP contribution is -2.50. The first-order valence-corrected chi connectivity index (χ1v) is 6.96. The first-order chi connectivity index (χ1) is 9.17. The van der Waals surface area contributed by atoms with Crippen LogP contribution in [0.25, 0.3) is 11.0 Å².